The molecule has 2 aliphatic rings. The minimum Gasteiger partial charge on any atom is -0.211 e. The zero-order valence-corrected chi connectivity index (χ0v) is 15.9. The first-order chi connectivity index (χ1) is 11.9. The van der Waals surface area contributed by atoms with E-state index in [0.29, 0.717) is 6.54 Å². The van der Waals surface area contributed by atoms with Crippen LogP contribution in [0.2, 0.25) is 0 Å². The zero-order chi connectivity index (χ0) is 17.9. The Kier molecular flexibility index (Phi) is 5.82. The summed E-state index contributed by atoms with van der Waals surface area (Å²) in [7, 11) is -7.15. The summed E-state index contributed by atoms with van der Waals surface area (Å²) in [6, 6.07) is 5.41. The van der Waals surface area contributed by atoms with Gasteiger partial charge in [0.2, 0.25) is 20.0 Å². The van der Waals surface area contributed by atoms with Gasteiger partial charge >= 0.3 is 0 Å². The van der Waals surface area contributed by atoms with Crippen LogP contribution in [0.25, 0.3) is 0 Å². The molecule has 2 N–H and O–H groups in total. The molecule has 25 heavy (non-hydrogen) atoms. The van der Waals surface area contributed by atoms with Crippen LogP contribution < -0.4 is 9.44 Å². The third-order valence-electron chi connectivity index (χ3n) is 4.90. The molecule has 2 fully saturated rings. The minimum absolute atomic E-state index is 0.0231. The van der Waals surface area contributed by atoms with Crippen LogP contribution in [0.4, 0.5) is 0 Å². The second-order valence-corrected chi connectivity index (χ2v) is 10.5. The molecular formula is C17H26N2O4S2. The van der Waals surface area contributed by atoms with Gasteiger partial charge in [0.25, 0.3) is 0 Å². The molecule has 0 unspecified atom stereocenters. The van der Waals surface area contributed by atoms with Gasteiger partial charge in [0.1, 0.15) is 0 Å². The quantitative estimate of drug-likeness (QED) is 0.637. The van der Waals surface area contributed by atoms with E-state index in [0.717, 1.165) is 31.6 Å². The van der Waals surface area contributed by atoms with Crippen LogP contribution in [0.1, 0.15) is 51.4 Å². The lowest BCUT2D eigenvalue weighted by atomic mass is 10.0. The number of benzene rings is 1. The molecule has 6 nitrogen and oxygen atoms in total. The van der Waals surface area contributed by atoms with Crippen molar-refractivity contribution in [2.75, 3.05) is 6.54 Å². The van der Waals surface area contributed by atoms with Crippen LogP contribution in [0.3, 0.4) is 0 Å². The number of rotatable bonds is 9. The third kappa shape index (κ3) is 5.26. The molecular weight excluding hydrogens is 360 g/mol. The molecule has 2 aliphatic carbocycles. The maximum atomic E-state index is 12.3. The fourth-order valence-electron chi connectivity index (χ4n) is 3.27. The Morgan fingerprint density at radius 2 is 1.40 bits per heavy atom. The highest BCUT2D eigenvalue weighted by Crippen LogP contribution is 2.28. The van der Waals surface area contributed by atoms with Gasteiger partial charge in [-0.05, 0) is 55.9 Å². The lowest BCUT2D eigenvalue weighted by Crippen LogP contribution is -2.26. The van der Waals surface area contributed by atoms with E-state index in [2.05, 4.69) is 9.44 Å². The monoisotopic (exact) mass is 386 g/mol. The van der Waals surface area contributed by atoms with E-state index in [4.69, 9.17) is 0 Å². The Balaban J connectivity index is 1.54. The van der Waals surface area contributed by atoms with E-state index in [1.807, 2.05) is 0 Å². The Bertz CT molecular complexity index is 778. The molecule has 0 bridgehead atoms. The highest BCUT2D eigenvalue weighted by atomic mass is 32.2. The second kappa shape index (κ2) is 7.73. The van der Waals surface area contributed by atoms with Gasteiger partial charge in [-0.1, -0.05) is 25.7 Å². The average Bonchev–Trinajstić information content (AvgIpc) is 3.22. The highest BCUT2D eigenvalue weighted by Gasteiger charge is 2.28. The summed E-state index contributed by atoms with van der Waals surface area (Å²) in [5.41, 5.74) is 0. The van der Waals surface area contributed by atoms with Crippen LogP contribution in [0, 0.1) is 5.92 Å². The largest absolute Gasteiger partial charge is 0.240 e. The molecule has 0 aliphatic heterocycles. The van der Waals surface area contributed by atoms with Gasteiger partial charge in [-0.25, -0.2) is 26.3 Å². The van der Waals surface area contributed by atoms with Crippen molar-refractivity contribution in [2.45, 2.75) is 67.2 Å². The van der Waals surface area contributed by atoms with Gasteiger partial charge in [0.15, 0.2) is 0 Å². The van der Waals surface area contributed by atoms with Crippen molar-refractivity contribution in [2.24, 2.45) is 5.92 Å². The van der Waals surface area contributed by atoms with Gasteiger partial charge in [-0.15, -0.1) is 0 Å². The Hall–Kier alpha value is -0.960. The van der Waals surface area contributed by atoms with Crippen molar-refractivity contribution in [3.63, 3.8) is 0 Å². The van der Waals surface area contributed by atoms with Crippen LogP contribution in [0.5, 0.6) is 0 Å². The van der Waals surface area contributed by atoms with Gasteiger partial charge in [0, 0.05) is 12.6 Å². The molecule has 0 heterocycles. The van der Waals surface area contributed by atoms with E-state index < -0.39 is 20.0 Å². The van der Waals surface area contributed by atoms with E-state index in [1.54, 1.807) is 0 Å². The lowest BCUT2D eigenvalue weighted by molar-refractivity contribution is 0.480. The van der Waals surface area contributed by atoms with E-state index in [9.17, 15) is 16.8 Å². The number of hydrogen-bond acceptors (Lipinski definition) is 4. The third-order valence-corrected chi connectivity index (χ3v) is 7.91. The first-order valence-corrected chi connectivity index (χ1v) is 12.0. The van der Waals surface area contributed by atoms with Crippen LogP contribution >= 0.6 is 0 Å². The van der Waals surface area contributed by atoms with Gasteiger partial charge in [-0.2, -0.15) is 0 Å². The number of hydrogen-bond donors (Lipinski definition) is 2. The lowest BCUT2D eigenvalue weighted by Gasteiger charge is -2.10. The van der Waals surface area contributed by atoms with Crippen molar-refractivity contribution < 1.29 is 16.8 Å². The smallest absolute Gasteiger partial charge is 0.211 e. The zero-order valence-electron chi connectivity index (χ0n) is 14.3. The maximum Gasteiger partial charge on any atom is 0.240 e. The van der Waals surface area contributed by atoms with E-state index in [1.165, 1.54) is 49.9 Å². The first kappa shape index (κ1) is 18.8. The molecule has 0 saturated heterocycles. The summed E-state index contributed by atoms with van der Waals surface area (Å²) in [5.74, 6) is 0.743. The summed E-state index contributed by atoms with van der Waals surface area (Å²) >= 11 is 0. The Morgan fingerprint density at radius 1 is 0.840 bits per heavy atom. The number of sulfonamides is 2. The molecule has 1 aromatic carbocycles. The average molecular weight is 387 g/mol. The van der Waals surface area contributed by atoms with E-state index >= 15 is 0 Å². The number of nitrogens with one attached hydrogen (secondary N) is 2. The summed E-state index contributed by atoms with van der Waals surface area (Å²) in [6.07, 6.45) is 8.72. The van der Waals surface area contributed by atoms with Crippen molar-refractivity contribution in [3.8, 4) is 0 Å². The van der Waals surface area contributed by atoms with Gasteiger partial charge in [-0.3, -0.25) is 0 Å². The highest BCUT2D eigenvalue weighted by molar-refractivity contribution is 7.90. The Morgan fingerprint density at radius 3 is 1.96 bits per heavy atom. The van der Waals surface area contributed by atoms with Crippen molar-refractivity contribution in [1.82, 2.24) is 9.44 Å². The molecule has 3 rings (SSSR count). The van der Waals surface area contributed by atoms with Crippen molar-refractivity contribution in [3.05, 3.63) is 24.3 Å². The van der Waals surface area contributed by atoms with Crippen molar-refractivity contribution in [1.29, 1.82) is 0 Å². The standard InChI is InChI=1S/C17H26N2O4S2/c20-24(21,18-13-3-6-14-4-1-2-5-14)16-9-11-17(12-10-16)25(22,23)19-15-7-8-15/h9-12,14-15,18-19H,1-8,13H2. The molecule has 2 saturated carbocycles. The minimum atomic E-state index is -3.59. The summed E-state index contributed by atoms with van der Waals surface area (Å²) in [4.78, 5) is 0.193. The normalized spacial score (nSPS) is 19.4. The first-order valence-electron chi connectivity index (χ1n) is 8.99. The topological polar surface area (TPSA) is 92.3 Å². The molecule has 0 amide bonds. The molecule has 140 valence electrons. The molecule has 1 aromatic rings. The SMILES string of the molecule is O=S(=O)(NCCCC1CCCC1)c1ccc(S(=O)(=O)NC2CC2)cc1. The van der Waals surface area contributed by atoms with Gasteiger partial charge < -0.3 is 0 Å². The van der Waals surface area contributed by atoms with E-state index in [-0.39, 0.29) is 15.8 Å². The van der Waals surface area contributed by atoms with Crippen LogP contribution in [-0.2, 0) is 20.0 Å². The second-order valence-electron chi connectivity index (χ2n) is 7.06. The summed E-state index contributed by atoms with van der Waals surface area (Å²) in [6.45, 7) is 0.419. The predicted molar refractivity (Wildman–Crippen MR) is 96.2 cm³/mol. The molecule has 8 heteroatoms. The van der Waals surface area contributed by atoms with Crippen LogP contribution in [0.15, 0.2) is 34.1 Å². The maximum absolute atomic E-state index is 12.3. The fraction of sp³-hybridized carbons (Fsp3) is 0.647. The van der Waals surface area contributed by atoms with Gasteiger partial charge in [0.05, 0.1) is 9.79 Å². The van der Waals surface area contributed by atoms with Crippen LogP contribution in [-0.4, -0.2) is 29.4 Å². The molecule has 0 aromatic heterocycles. The summed E-state index contributed by atoms with van der Waals surface area (Å²) < 4.78 is 54.0. The molecule has 0 atom stereocenters. The fourth-order valence-corrected chi connectivity index (χ4v) is 5.65. The Labute approximate surface area is 150 Å². The molecule has 0 spiro atoms. The molecule has 0 radical (unpaired) electrons. The summed E-state index contributed by atoms with van der Waals surface area (Å²) in [5, 5.41) is 0. The van der Waals surface area contributed by atoms with Crippen molar-refractivity contribution >= 4 is 20.0 Å². The predicted octanol–water partition coefficient (Wildman–Crippen LogP) is 2.38.